The monoisotopic (exact) mass is 272 g/mol. The van der Waals surface area contributed by atoms with Crippen LogP contribution in [0.25, 0.3) is 11.5 Å². The molecule has 1 aromatic carbocycles. The van der Waals surface area contributed by atoms with E-state index >= 15 is 0 Å². The summed E-state index contributed by atoms with van der Waals surface area (Å²) < 4.78 is 5.37. The number of nitrogens with two attached hydrogens (primary N) is 1. The molecule has 1 fully saturated rings. The molecule has 5 nitrogen and oxygen atoms in total. The lowest BCUT2D eigenvalue weighted by molar-refractivity contribution is 0.372. The fourth-order valence-electron chi connectivity index (χ4n) is 2.67. The molecule has 1 heterocycles. The van der Waals surface area contributed by atoms with Crippen molar-refractivity contribution >= 4 is 5.69 Å². The van der Waals surface area contributed by atoms with Crippen LogP contribution in [-0.2, 0) is 5.54 Å². The Morgan fingerprint density at radius 2 is 1.80 bits per heavy atom. The lowest BCUT2D eigenvalue weighted by atomic mass is 9.99. The van der Waals surface area contributed by atoms with Crippen LogP contribution in [0.3, 0.4) is 0 Å². The highest BCUT2D eigenvalue weighted by Gasteiger charge is 2.36. The van der Waals surface area contributed by atoms with Crippen molar-refractivity contribution in [3.8, 4) is 11.5 Å². The minimum Gasteiger partial charge on any atom is -0.378 e. The van der Waals surface area contributed by atoms with Crippen LogP contribution in [0.2, 0.25) is 0 Å². The zero-order valence-corrected chi connectivity index (χ0v) is 12.0. The third kappa shape index (κ3) is 2.29. The zero-order valence-electron chi connectivity index (χ0n) is 12.0. The molecule has 0 bridgehead atoms. The Bertz CT molecular complexity index is 582. The van der Waals surface area contributed by atoms with E-state index in [-0.39, 0.29) is 0 Å². The van der Waals surface area contributed by atoms with E-state index in [4.69, 9.17) is 10.3 Å². The van der Waals surface area contributed by atoms with Gasteiger partial charge in [0.1, 0.15) is 0 Å². The summed E-state index contributed by atoms with van der Waals surface area (Å²) in [6.07, 6.45) is 4.15. The van der Waals surface area contributed by atoms with Crippen molar-refractivity contribution in [1.29, 1.82) is 0 Å². The molecule has 0 amide bonds. The van der Waals surface area contributed by atoms with E-state index < -0.39 is 5.54 Å². The third-order valence-corrected chi connectivity index (χ3v) is 4.00. The van der Waals surface area contributed by atoms with Gasteiger partial charge in [0, 0.05) is 25.3 Å². The number of anilines is 1. The highest BCUT2D eigenvalue weighted by Crippen LogP contribution is 2.35. The molecule has 0 atom stereocenters. The molecule has 1 aromatic heterocycles. The fraction of sp³-hybridized carbons (Fsp3) is 0.467. The highest BCUT2D eigenvalue weighted by molar-refractivity contribution is 5.58. The van der Waals surface area contributed by atoms with Gasteiger partial charge in [-0.05, 0) is 37.1 Å². The molecule has 1 aliphatic rings. The number of aromatic nitrogens is 2. The molecule has 0 aliphatic heterocycles. The van der Waals surface area contributed by atoms with Crippen molar-refractivity contribution in [3.63, 3.8) is 0 Å². The summed E-state index contributed by atoms with van der Waals surface area (Å²) in [6, 6.07) is 8.05. The summed E-state index contributed by atoms with van der Waals surface area (Å²) in [7, 11) is 4.02. The van der Waals surface area contributed by atoms with Gasteiger partial charge in [-0.3, -0.25) is 0 Å². The Balaban J connectivity index is 1.86. The van der Waals surface area contributed by atoms with E-state index in [2.05, 4.69) is 15.0 Å². The van der Waals surface area contributed by atoms with E-state index in [0.717, 1.165) is 36.9 Å². The smallest absolute Gasteiger partial charge is 0.257 e. The van der Waals surface area contributed by atoms with Crippen molar-refractivity contribution in [2.45, 2.75) is 31.2 Å². The number of hydrogen-bond acceptors (Lipinski definition) is 5. The molecule has 0 unspecified atom stereocenters. The van der Waals surface area contributed by atoms with Crippen LogP contribution in [0.15, 0.2) is 28.8 Å². The lowest BCUT2D eigenvalue weighted by Crippen LogP contribution is -2.34. The summed E-state index contributed by atoms with van der Waals surface area (Å²) in [6.45, 7) is 0. The first-order valence-corrected chi connectivity index (χ1v) is 6.99. The van der Waals surface area contributed by atoms with Crippen LogP contribution in [-0.4, -0.2) is 24.2 Å². The van der Waals surface area contributed by atoms with Gasteiger partial charge in [-0.1, -0.05) is 18.0 Å². The summed E-state index contributed by atoms with van der Waals surface area (Å²) in [5.74, 6) is 1.18. The standard InChI is InChI=1S/C15H20N4O/c1-19(2)12-7-5-11(6-8-12)13-17-14(18-20-13)15(16)9-3-4-10-15/h5-8H,3-4,9-10,16H2,1-2H3. The average molecular weight is 272 g/mol. The van der Waals surface area contributed by atoms with Crippen molar-refractivity contribution in [3.05, 3.63) is 30.1 Å². The van der Waals surface area contributed by atoms with Gasteiger partial charge in [0.15, 0.2) is 5.82 Å². The first-order chi connectivity index (χ1) is 9.58. The molecule has 106 valence electrons. The highest BCUT2D eigenvalue weighted by atomic mass is 16.5. The van der Waals surface area contributed by atoms with Crippen molar-refractivity contribution in [2.24, 2.45) is 5.73 Å². The molecular weight excluding hydrogens is 252 g/mol. The molecule has 1 aliphatic carbocycles. The first-order valence-electron chi connectivity index (χ1n) is 6.99. The van der Waals surface area contributed by atoms with Gasteiger partial charge in [-0.15, -0.1) is 0 Å². The maximum atomic E-state index is 6.34. The normalized spacial score (nSPS) is 17.4. The molecular formula is C15H20N4O. The predicted octanol–water partition coefficient (Wildman–Crippen LogP) is 2.53. The summed E-state index contributed by atoms with van der Waals surface area (Å²) in [5.41, 5.74) is 8.01. The predicted molar refractivity (Wildman–Crippen MR) is 78.4 cm³/mol. The zero-order chi connectivity index (χ0) is 14.2. The van der Waals surface area contributed by atoms with Gasteiger partial charge in [0.05, 0.1) is 5.54 Å². The second-order valence-electron chi connectivity index (χ2n) is 5.73. The SMILES string of the molecule is CN(C)c1ccc(-c2nc(C3(N)CCCC3)no2)cc1. The number of hydrogen-bond donors (Lipinski definition) is 1. The van der Waals surface area contributed by atoms with E-state index in [1.807, 2.05) is 38.4 Å². The largest absolute Gasteiger partial charge is 0.378 e. The molecule has 0 saturated heterocycles. The molecule has 20 heavy (non-hydrogen) atoms. The van der Waals surface area contributed by atoms with Crippen molar-refractivity contribution in [2.75, 3.05) is 19.0 Å². The van der Waals surface area contributed by atoms with Gasteiger partial charge in [0.2, 0.25) is 0 Å². The quantitative estimate of drug-likeness (QED) is 0.930. The summed E-state index contributed by atoms with van der Waals surface area (Å²) >= 11 is 0. The summed E-state index contributed by atoms with van der Waals surface area (Å²) in [4.78, 5) is 6.54. The Labute approximate surface area is 118 Å². The molecule has 2 aromatic rings. The maximum Gasteiger partial charge on any atom is 0.257 e. The van der Waals surface area contributed by atoms with Crippen LogP contribution < -0.4 is 10.6 Å². The fourth-order valence-corrected chi connectivity index (χ4v) is 2.67. The van der Waals surface area contributed by atoms with Gasteiger partial charge in [0.25, 0.3) is 5.89 Å². The minimum atomic E-state index is -0.397. The Hall–Kier alpha value is -1.88. The maximum absolute atomic E-state index is 6.34. The first kappa shape index (κ1) is 13.1. The van der Waals surface area contributed by atoms with Crippen molar-refractivity contribution < 1.29 is 4.52 Å². The summed E-state index contributed by atoms with van der Waals surface area (Å²) in [5, 5.41) is 4.08. The van der Waals surface area contributed by atoms with Gasteiger partial charge in [-0.25, -0.2) is 0 Å². The lowest BCUT2D eigenvalue weighted by Gasteiger charge is -2.17. The van der Waals surface area contributed by atoms with Crippen LogP contribution in [0.4, 0.5) is 5.69 Å². The number of rotatable bonds is 3. The minimum absolute atomic E-state index is 0.397. The number of benzene rings is 1. The third-order valence-electron chi connectivity index (χ3n) is 4.00. The van der Waals surface area contributed by atoms with Crippen LogP contribution in [0.1, 0.15) is 31.5 Å². The molecule has 3 rings (SSSR count). The molecule has 0 spiro atoms. The Morgan fingerprint density at radius 1 is 1.15 bits per heavy atom. The molecule has 2 N–H and O–H groups in total. The van der Waals surface area contributed by atoms with Gasteiger partial charge < -0.3 is 15.2 Å². The van der Waals surface area contributed by atoms with Crippen LogP contribution >= 0.6 is 0 Å². The van der Waals surface area contributed by atoms with Gasteiger partial charge in [-0.2, -0.15) is 4.98 Å². The molecule has 0 radical (unpaired) electrons. The topological polar surface area (TPSA) is 68.2 Å². The van der Waals surface area contributed by atoms with E-state index in [0.29, 0.717) is 11.7 Å². The van der Waals surface area contributed by atoms with E-state index in [9.17, 15) is 0 Å². The van der Waals surface area contributed by atoms with Crippen LogP contribution in [0, 0.1) is 0 Å². The second-order valence-corrected chi connectivity index (χ2v) is 5.73. The Kier molecular flexibility index (Phi) is 3.22. The van der Waals surface area contributed by atoms with Crippen LogP contribution in [0.5, 0.6) is 0 Å². The Morgan fingerprint density at radius 3 is 2.40 bits per heavy atom. The second kappa shape index (κ2) is 4.90. The van der Waals surface area contributed by atoms with Crippen molar-refractivity contribution in [1.82, 2.24) is 10.1 Å². The average Bonchev–Trinajstić information content (AvgIpc) is 3.08. The van der Waals surface area contributed by atoms with Gasteiger partial charge >= 0.3 is 0 Å². The van der Waals surface area contributed by atoms with E-state index in [1.54, 1.807) is 0 Å². The number of nitrogens with zero attached hydrogens (tertiary/aromatic N) is 3. The molecule has 5 heteroatoms. The molecule has 1 saturated carbocycles. The van der Waals surface area contributed by atoms with E-state index in [1.165, 1.54) is 0 Å².